The van der Waals surface area contributed by atoms with Gasteiger partial charge in [0, 0.05) is 12.6 Å². The molecule has 0 aromatic rings. The largest absolute Gasteiger partial charge is 0.397 e. The van der Waals surface area contributed by atoms with Crippen LogP contribution in [0.1, 0.15) is 52.4 Å². The smallest absolute Gasteiger partial charge is 0.345 e. The topological polar surface area (TPSA) is 103 Å². The fraction of sp³-hybridized carbons (Fsp3) is 0.609. The first kappa shape index (κ1) is 26.6. The molecule has 2 aliphatic heterocycles. The summed E-state index contributed by atoms with van der Waals surface area (Å²) >= 11 is 0. The lowest BCUT2D eigenvalue weighted by atomic mass is 9.98. The highest BCUT2D eigenvalue weighted by atomic mass is 19.4. The third kappa shape index (κ3) is 6.98. The summed E-state index contributed by atoms with van der Waals surface area (Å²) in [5.41, 5.74) is 0.418. The van der Waals surface area contributed by atoms with E-state index in [1.165, 1.54) is 19.1 Å². The number of rotatable bonds is 8. The van der Waals surface area contributed by atoms with Crippen LogP contribution in [-0.4, -0.2) is 71.2 Å². The van der Waals surface area contributed by atoms with Gasteiger partial charge < -0.3 is 15.5 Å². The van der Waals surface area contributed by atoms with Crippen molar-refractivity contribution in [1.82, 2.24) is 15.5 Å². The highest BCUT2D eigenvalue weighted by molar-refractivity contribution is 6.17. The Bertz CT molecular complexity index is 973. The van der Waals surface area contributed by atoms with Crippen molar-refractivity contribution in [3.63, 3.8) is 0 Å². The second-order valence-electron chi connectivity index (χ2n) is 8.80. The molecule has 4 atom stereocenters. The third-order valence-electron chi connectivity index (χ3n) is 6.08. The Balaban J connectivity index is 1.72. The van der Waals surface area contributed by atoms with Gasteiger partial charge in [0.1, 0.15) is 18.2 Å². The van der Waals surface area contributed by atoms with E-state index < -0.39 is 55.0 Å². The zero-order valence-corrected chi connectivity index (χ0v) is 19.6. The number of likely N-dealkylation sites (tertiary alicyclic amines) is 1. The van der Waals surface area contributed by atoms with E-state index in [1.807, 2.05) is 6.92 Å². The van der Waals surface area contributed by atoms with Crippen LogP contribution in [0.4, 0.5) is 17.6 Å². The zero-order chi connectivity index (χ0) is 25.8. The Labute approximate surface area is 200 Å². The van der Waals surface area contributed by atoms with E-state index in [4.69, 9.17) is 0 Å². The number of amidine groups is 1. The second kappa shape index (κ2) is 11.1. The van der Waals surface area contributed by atoms with Crippen molar-refractivity contribution in [3.05, 3.63) is 23.9 Å². The molecule has 3 amide bonds. The predicted molar refractivity (Wildman–Crippen MR) is 121 cm³/mol. The lowest BCUT2D eigenvalue weighted by Gasteiger charge is -2.36. The molecule has 0 aromatic carbocycles. The molecule has 1 saturated heterocycles. The van der Waals surface area contributed by atoms with Gasteiger partial charge in [-0.1, -0.05) is 13.0 Å². The summed E-state index contributed by atoms with van der Waals surface area (Å²) in [6.45, 7) is 3.94. The van der Waals surface area contributed by atoms with E-state index in [0.717, 1.165) is 19.3 Å². The van der Waals surface area contributed by atoms with Crippen molar-refractivity contribution in [2.45, 2.75) is 82.8 Å². The summed E-state index contributed by atoms with van der Waals surface area (Å²) in [6, 6.07) is -2.39. The maximum absolute atomic E-state index is 14.0. The molecular weight excluding hydrogens is 470 g/mol. The monoisotopic (exact) mass is 499 g/mol. The van der Waals surface area contributed by atoms with Gasteiger partial charge in [-0.05, 0) is 44.8 Å². The Morgan fingerprint density at radius 1 is 1.20 bits per heavy atom. The minimum atomic E-state index is -4.77. The summed E-state index contributed by atoms with van der Waals surface area (Å²) in [5.74, 6) is -2.57. The number of allylic oxidation sites excluding steroid dienone is 4. The highest BCUT2D eigenvalue weighted by Gasteiger charge is 2.36. The van der Waals surface area contributed by atoms with Gasteiger partial charge >= 0.3 is 6.18 Å². The molecular formula is C23H29F4N5O3. The maximum atomic E-state index is 14.0. The fourth-order valence-corrected chi connectivity index (χ4v) is 4.30. The van der Waals surface area contributed by atoms with Gasteiger partial charge in [-0.3, -0.25) is 14.4 Å². The molecule has 1 fully saturated rings. The number of alkyl halides is 4. The Morgan fingerprint density at radius 3 is 2.60 bits per heavy atom. The fourth-order valence-electron chi connectivity index (χ4n) is 4.30. The lowest BCUT2D eigenvalue weighted by molar-refractivity contribution is -0.155. The molecule has 3 rings (SSSR count). The van der Waals surface area contributed by atoms with E-state index in [2.05, 4.69) is 20.6 Å². The Morgan fingerprint density at radius 2 is 1.94 bits per heavy atom. The standard InChI is InChI=1S/C23H29F4N5O3/c1-3-14-7-4-5-10-32(14)19(34)11-17(29-18(33)12-23(25,26)27)22(35)28-13(2)21-30-16-9-6-8-15(24)20(16)31-21/h6,8-9,13-15,17H,3-5,7,10-12H2,1-2H3,(H,28,35)(H,29,33)/t13-,14-,15?,17-/m0/s1. The molecule has 8 nitrogen and oxygen atoms in total. The van der Waals surface area contributed by atoms with Gasteiger partial charge in [-0.15, -0.1) is 0 Å². The van der Waals surface area contributed by atoms with Crippen molar-refractivity contribution in [2.75, 3.05) is 6.54 Å². The van der Waals surface area contributed by atoms with Crippen molar-refractivity contribution in [2.24, 2.45) is 9.98 Å². The molecule has 2 N–H and O–H groups in total. The summed E-state index contributed by atoms with van der Waals surface area (Å²) in [4.78, 5) is 47.8. The van der Waals surface area contributed by atoms with Crippen molar-refractivity contribution in [3.8, 4) is 0 Å². The van der Waals surface area contributed by atoms with E-state index in [9.17, 15) is 31.9 Å². The summed E-state index contributed by atoms with van der Waals surface area (Å²) in [7, 11) is 0. The van der Waals surface area contributed by atoms with Crippen LogP contribution in [0.5, 0.6) is 0 Å². The van der Waals surface area contributed by atoms with Crippen LogP contribution in [0.3, 0.4) is 0 Å². The number of carbonyl (C=O) groups is 3. The average Bonchev–Trinajstić information content (AvgIpc) is 3.23. The van der Waals surface area contributed by atoms with Crippen LogP contribution >= 0.6 is 0 Å². The van der Waals surface area contributed by atoms with Gasteiger partial charge in [0.15, 0.2) is 12.0 Å². The number of hydrogen-bond donors (Lipinski definition) is 2. The average molecular weight is 500 g/mol. The van der Waals surface area contributed by atoms with Crippen molar-refractivity contribution >= 4 is 29.3 Å². The SMILES string of the molecule is CC[C@H]1CCCCN1C(=O)C[C@H](NC(=O)CC(F)(F)F)C(=O)N[C@@H](C)C1=NC2=CC=CC(F)C2=N1. The first-order chi connectivity index (χ1) is 16.5. The van der Waals surface area contributed by atoms with Crippen LogP contribution in [0.2, 0.25) is 0 Å². The number of halogens is 4. The minimum Gasteiger partial charge on any atom is -0.345 e. The van der Waals surface area contributed by atoms with Gasteiger partial charge in [-0.2, -0.15) is 13.2 Å². The van der Waals surface area contributed by atoms with Crippen LogP contribution in [0.25, 0.3) is 0 Å². The maximum Gasteiger partial charge on any atom is 0.397 e. The molecule has 35 heavy (non-hydrogen) atoms. The summed E-state index contributed by atoms with van der Waals surface area (Å²) in [5, 5.41) is 4.59. The quantitative estimate of drug-likeness (QED) is 0.502. The number of nitrogens with zero attached hydrogens (tertiary/aromatic N) is 3. The van der Waals surface area contributed by atoms with E-state index in [1.54, 1.807) is 11.0 Å². The first-order valence-corrected chi connectivity index (χ1v) is 11.6. The summed E-state index contributed by atoms with van der Waals surface area (Å²) in [6.07, 6.45) is -0.847. The molecule has 12 heteroatoms. The van der Waals surface area contributed by atoms with Crippen LogP contribution < -0.4 is 10.6 Å². The van der Waals surface area contributed by atoms with Crippen LogP contribution in [-0.2, 0) is 14.4 Å². The van der Waals surface area contributed by atoms with Crippen molar-refractivity contribution < 1.29 is 31.9 Å². The molecule has 0 bridgehead atoms. The second-order valence-corrected chi connectivity index (χ2v) is 8.80. The first-order valence-electron chi connectivity index (χ1n) is 11.6. The van der Waals surface area contributed by atoms with Gasteiger partial charge in [0.05, 0.1) is 18.2 Å². The molecule has 1 unspecified atom stereocenters. The molecule has 3 aliphatic rings. The van der Waals surface area contributed by atoms with Gasteiger partial charge in [0.2, 0.25) is 17.7 Å². The van der Waals surface area contributed by atoms with Crippen LogP contribution in [0.15, 0.2) is 33.9 Å². The number of nitrogens with one attached hydrogen (secondary N) is 2. The van der Waals surface area contributed by atoms with Crippen LogP contribution in [0, 0.1) is 0 Å². The predicted octanol–water partition coefficient (Wildman–Crippen LogP) is 2.75. The number of hydrogen-bond acceptors (Lipinski definition) is 5. The minimum absolute atomic E-state index is 0.0210. The molecule has 0 radical (unpaired) electrons. The summed E-state index contributed by atoms with van der Waals surface area (Å²) < 4.78 is 52.1. The normalized spacial score (nSPS) is 23.5. The number of amides is 3. The van der Waals surface area contributed by atoms with Crippen molar-refractivity contribution in [1.29, 1.82) is 0 Å². The van der Waals surface area contributed by atoms with Gasteiger partial charge in [0.25, 0.3) is 0 Å². The number of piperidine rings is 1. The molecule has 1 aliphatic carbocycles. The van der Waals surface area contributed by atoms with E-state index in [0.29, 0.717) is 18.7 Å². The number of carbonyl (C=O) groups excluding carboxylic acids is 3. The van der Waals surface area contributed by atoms with E-state index >= 15 is 0 Å². The third-order valence-corrected chi connectivity index (χ3v) is 6.08. The Kier molecular flexibility index (Phi) is 8.44. The number of fused-ring (bicyclic) bond motifs is 1. The molecule has 0 spiro atoms. The molecule has 2 heterocycles. The highest BCUT2D eigenvalue weighted by Crippen LogP contribution is 2.23. The van der Waals surface area contributed by atoms with E-state index in [-0.39, 0.29) is 17.6 Å². The molecule has 0 aromatic heterocycles. The zero-order valence-electron chi connectivity index (χ0n) is 19.6. The molecule has 192 valence electrons. The Hall–Kier alpha value is -3.05. The lowest BCUT2D eigenvalue weighted by Crippen LogP contribution is -2.54. The molecule has 0 saturated carbocycles. The van der Waals surface area contributed by atoms with Gasteiger partial charge in [-0.25, -0.2) is 14.4 Å². The number of aliphatic imine (C=N–C) groups is 2.